The summed E-state index contributed by atoms with van der Waals surface area (Å²) in [5, 5.41) is 0. The number of carbonyl (C=O) groups excluding carboxylic acids is 1. The van der Waals surface area contributed by atoms with Crippen molar-refractivity contribution in [1.82, 2.24) is 0 Å². The summed E-state index contributed by atoms with van der Waals surface area (Å²) in [5.74, 6) is -0.00545. The van der Waals surface area contributed by atoms with E-state index in [1.807, 2.05) is 0 Å². The normalized spacial score (nSPS) is 21.7. The molecule has 1 saturated heterocycles. The summed E-state index contributed by atoms with van der Waals surface area (Å²) in [7, 11) is 0. The Bertz CT molecular complexity index is 387. The van der Waals surface area contributed by atoms with Gasteiger partial charge in [-0.2, -0.15) is 0 Å². The third kappa shape index (κ3) is 2.23. The van der Waals surface area contributed by atoms with Crippen molar-refractivity contribution in [1.29, 1.82) is 0 Å². The number of ketones is 1. The van der Waals surface area contributed by atoms with Gasteiger partial charge in [-0.15, -0.1) is 0 Å². The molecule has 1 aliphatic heterocycles. The van der Waals surface area contributed by atoms with Gasteiger partial charge >= 0.3 is 0 Å². The first-order chi connectivity index (χ1) is 7.16. The molecule has 1 atom stereocenters. The maximum atomic E-state index is 13.0. The molecule has 0 amide bonds. The molecule has 1 heterocycles. The Kier molecular flexibility index (Phi) is 2.82. The monoisotopic (exact) mass is 208 g/mol. The summed E-state index contributed by atoms with van der Waals surface area (Å²) >= 11 is 0. The molecule has 1 aromatic carbocycles. The second kappa shape index (κ2) is 4.11. The highest BCUT2D eigenvalue weighted by molar-refractivity contribution is 5.79. The number of hydrogen-bond acceptors (Lipinski definition) is 2. The number of ether oxygens (including phenoxy) is 1. The van der Waals surface area contributed by atoms with Crippen LogP contribution in [0.15, 0.2) is 18.2 Å². The molecule has 0 aliphatic carbocycles. The van der Waals surface area contributed by atoms with Crippen molar-refractivity contribution < 1.29 is 13.9 Å². The molecule has 0 aromatic heterocycles. The SMILES string of the molecule is Cc1cc(C2CC(=O)CCO2)ccc1F. The molecule has 2 rings (SSSR count). The molecule has 1 aromatic rings. The van der Waals surface area contributed by atoms with Gasteiger partial charge < -0.3 is 4.74 Å². The smallest absolute Gasteiger partial charge is 0.138 e. The van der Waals surface area contributed by atoms with Crippen LogP contribution in [0.1, 0.15) is 30.1 Å². The molecule has 0 radical (unpaired) electrons. The van der Waals surface area contributed by atoms with Crippen LogP contribution in [0.3, 0.4) is 0 Å². The first-order valence-electron chi connectivity index (χ1n) is 5.06. The molecular weight excluding hydrogens is 195 g/mol. The number of halogens is 1. The Balaban J connectivity index is 2.21. The lowest BCUT2D eigenvalue weighted by Gasteiger charge is -2.22. The Hall–Kier alpha value is -1.22. The van der Waals surface area contributed by atoms with E-state index in [1.54, 1.807) is 19.1 Å². The summed E-state index contributed by atoms with van der Waals surface area (Å²) in [4.78, 5) is 11.2. The summed E-state index contributed by atoms with van der Waals surface area (Å²) in [6.07, 6.45) is 0.715. The maximum absolute atomic E-state index is 13.0. The fraction of sp³-hybridized carbons (Fsp3) is 0.417. The second-order valence-corrected chi connectivity index (χ2v) is 3.86. The Morgan fingerprint density at radius 3 is 2.93 bits per heavy atom. The van der Waals surface area contributed by atoms with E-state index >= 15 is 0 Å². The predicted molar refractivity (Wildman–Crippen MR) is 54.1 cm³/mol. The quantitative estimate of drug-likeness (QED) is 0.709. The van der Waals surface area contributed by atoms with Crippen molar-refractivity contribution in [3.8, 4) is 0 Å². The highest BCUT2D eigenvalue weighted by Crippen LogP contribution is 2.27. The van der Waals surface area contributed by atoms with E-state index in [4.69, 9.17) is 4.74 Å². The molecule has 1 aliphatic rings. The van der Waals surface area contributed by atoms with E-state index in [1.165, 1.54) is 6.07 Å². The molecule has 1 unspecified atom stereocenters. The van der Waals surface area contributed by atoms with E-state index < -0.39 is 0 Å². The number of aryl methyl sites for hydroxylation is 1. The summed E-state index contributed by atoms with van der Waals surface area (Å²) in [6, 6.07) is 4.86. The average molecular weight is 208 g/mol. The topological polar surface area (TPSA) is 26.3 Å². The van der Waals surface area contributed by atoms with Gasteiger partial charge in [0.15, 0.2) is 0 Å². The molecule has 80 valence electrons. The van der Waals surface area contributed by atoms with E-state index in [2.05, 4.69) is 0 Å². The molecule has 0 saturated carbocycles. The van der Waals surface area contributed by atoms with Crippen LogP contribution < -0.4 is 0 Å². The van der Waals surface area contributed by atoms with Crippen LogP contribution in [0.2, 0.25) is 0 Å². The summed E-state index contributed by atoms with van der Waals surface area (Å²) in [6.45, 7) is 2.18. The van der Waals surface area contributed by atoms with Crippen molar-refractivity contribution in [3.63, 3.8) is 0 Å². The molecule has 0 N–H and O–H groups in total. The maximum Gasteiger partial charge on any atom is 0.138 e. The molecule has 2 nitrogen and oxygen atoms in total. The van der Waals surface area contributed by atoms with Crippen LogP contribution in [0.5, 0.6) is 0 Å². The Morgan fingerprint density at radius 1 is 1.47 bits per heavy atom. The predicted octanol–water partition coefficient (Wildman–Crippen LogP) is 2.55. The second-order valence-electron chi connectivity index (χ2n) is 3.86. The Labute approximate surface area is 88.1 Å². The lowest BCUT2D eigenvalue weighted by Crippen LogP contribution is -2.19. The number of rotatable bonds is 1. The average Bonchev–Trinajstić information content (AvgIpc) is 2.22. The first kappa shape index (κ1) is 10.3. The minimum Gasteiger partial charge on any atom is -0.373 e. The summed E-state index contributed by atoms with van der Waals surface area (Å²) in [5.41, 5.74) is 1.48. The van der Waals surface area contributed by atoms with Gasteiger partial charge in [0.25, 0.3) is 0 Å². The lowest BCUT2D eigenvalue weighted by molar-refractivity contribution is -0.128. The van der Waals surface area contributed by atoms with Gasteiger partial charge in [0, 0.05) is 12.8 Å². The first-order valence-corrected chi connectivity index (χ1v) is 5.06. The third-order valence-corrected chi connectivity index (χ3v) is 2.67. The molecular formula is C12H13FO2. The van der Waals surface area contributed by atoms with Gasteiger partial charge in [0.2, 0.25) is 0 Å². The number of benzene rings is 1. The van der Waals surface area contributed by atoms with Crippen LogP contribution in [0.4, 0.5) is 4.39 Å². The van der Waals surface area contributed by atoms with E-state index in [-0.39, 0.29) is 17.7 Å². The van der Waals surface area contributed by atoms with Crippen LogP contribution >= 0.6 is 0 Å². The molecule has 3 heteroatoms. The van der Waals surface area contributed by atoms with Gasteiger partial charge in [-0.1, -0.05) is 12.1 Å². The van der Waals surface area contributed by atoms with Crippen LogP contribution in [-0.2, 0) is 9.53 Å². The Morgan fingerprint density at radius 2 is 2.27 bits per heavy atom. The lowest BCUT2D eigenvalue weighted by atomic mass is 9.99. The fourth-order valence-electron chi connectivity index (χ4n) is 1.77. The zero-order valence-electron chi connectivity index (χ0n) is 8.63. The van der Waals surface area contributed by atoms with Crippen molar-refractivity contribution >= 4 is 5.78 Å². The van der Waals surface area contributed by atoms with E-state index in [0.29, 0.717) is 25.0 Å². The van der Waals surface area contributed by atoms with Crippen molar-refractivity contribution in [2.24, 2.45) is 0 Å². The van der Waals surface area contributed by atoms with Crippen LogP contribution in [-0.4, -0.2) is 12.4 Å². The molecule has 0 bridgehead atoms. The van der Waals surface area contributed by atoms with Crippen molar-refractivity contribution in [2.75, 3.05) is 6.61 Å². The van der Waals surface area contributed by atoms with Gasteiger partial charge in [-0.3, -0.25) is 4.79 Å². The van der Waals surface area contributed by atoms with Gasteiger partial charge in [0.05, 0.1) is 12.7 Å². The number of carbonyl (C=O) groups is 1. The third-order valence-electron chi connectivity index (χ3n) is 2.67. The van der Waals surface area contributed by atoms with Crippen molar-refractivity contribution in [2.45, 2.75) is 25.9 Å². The number of Topliss-reactive ketones (excluding diaryl/α,β-unsaturated/α-hetero) is 1. The minimum atomic E-state index is -0.221. The molecule has 1 fully saturated rings. The van der Waals surface area contributed by atoms with Crippen LogP contribution in [0.25, 0.3) is 0 Å². The van der Waals surface area contributed by atoms with Gasteiger partial charge in [-0.05, 0) is 24.1 Å². The van der Waals surface area contributed by atoms with Gasteiger partial charge in [-0.25, -0.2) is 4.39 Å². The molecule has 15 heavy (non-hydrogen) atoms. The van der Waals surface area contributed by atoms with Crippen LogP contribution in [0, 0.1) is 12.7 Å². The minimum absolute atomic E-state index is 0.189. The standard InChI is InChI=1S/C12H13FO2/c1-8-6-9(2-3-11(8)13)12-7-10(14)4-5-15-12/h2-3,6,12H,4-5,7H2,1H3. The largest absolute Gasteiger partial charge is 0.373 e. The van der Waals surface area contributed by atoms with E-state index in [9.17, 15) is 9.18 Å². The highest BCUT2D eigenvalue weighted by atomic mass is 19.1. The zero-order chi connectivity index (χ0) is 10.8. The summed E-state index contributed by atoms with van der Waals surface area (Å²) < 4.78 is 18.5. The zero-order valence-corrected chi connectivity index (χ0v) is 8.63. The fourth-order valence-corrected chi connectivity index (χ4v) is 1.77. The number of hydrogen-bond donors (Lipinski definition) is 0. The molecule has 0 spiro atoms. The van der Waals surface area contributed by atoms with E-state index in [0.717, 1.165) is 5.56 Å². The van der Waals surface area contributed by atoms with Crippen molar-refractivity contribution in [3.05, 3.63) is 35.1 Å². The van der Waals surface area contributed by atoms with Gasteiger partial charge in [0.1, 0.15) is 11.6 Å². The highest BCUT2D eigenvalue weighted by Gasteiger charge is 2.21.